The van der Waals surface area contributed by atoms with E-state index in [1.54, 1.807) is 0 Å². The first-order valence-electron chi connectivity index (χ1n) is 8.03. The molecule has 2 bridgehead atoms. The van der Waals surface area contributed by atoms with Crippen LogP contribution in [0.1, 0.15) is 36.8 Å². The second-order valence-electron chi connectivity index (χ2n) is 6.69. The summed E-state index contributed by atoms with van der Waals surface area (Å²) in [5, 5.41) is 3.44. The first-order chi connectivity index (χ1) is 11.2. The molecule has 2 saturated heterocycles. The maximum atomic E-state index is 13.1. The van der Waals surface area contributed by atoms with Gasteiger partial charge in [-0.25, -0.2) is 12.7 Å². The number of halogens is 4. The molecule has 2 heterocycles. The van der Waals surface area contributed by atoms with Gasteiger partial charge in [0.2, 0.25) is 10.0 Å². The number of nitrogens with zero attached hydrogens (tertiary/aromatic N) is 1. The molecule has 25 heavy (non-hydrogen) atoms. The molecule has 4 nitrogen and oxygen atoms in total. The van der Waals surface area contributed by atoms with Crippen molar-refractivity contribution >= 4 is 22.4 Å². The van der Waals surface area contributed by atoms with Gasteiger partial charge in [-0.15, -0.1) is 12.4 Å². The number of hydrogen-bond donors (Lipinski definition) is 1. The van der Waals surface area contributed by atoms with Crippen molar-refractivity contribution in [1.82, 2.24) is 9.62 Å². The lowest BCUT2D eigenvalue weighted by atomic mass is 10.0. The van der Waals surface area contributed by atoms with Gasteiger partial charge < -0.3 is 5.32 Å². The summed E-state index contributed by atoms with van der Waals surface area (Å²) in [7, 11) is -2.32. The van der Waals surface area contributed by atoms with Gasteiger partial charge in [-0.1, -0.05) is 18.2 Å². The Labute approximate surface area is 152 Å². The van der Waals surface area contributed by atoms with Gasteiger partial charge in [0.25, 0.3) is 0 Å². The average molecular weight is 399 g/mol. The highest BCUT2D eigenvalue weighted by Crippen LogP contribution is 2.34. The minimum atomic E-state index is -4.56. The van der Waals surface area contributed by atoms with Gasteiger partial charge in [0.15, 0.2) is 0 Å². The third kappa shape index (κ3) is 4.48. The highest BCUT2D eigenvalue weighted by Gasteiger charge is 2.39. The van der Waals surface area contributed by atoms with Crippen LogP contribution in [-0.4, -0.2) is 37.9 Å². The third-order valence-corrected chi connectivity index (χ3v) is 6.91. The fourth-order valence-electron chi connectivity index (χ4n) is 3.77. The second kappa shape index (κ2) is 7.42. The molecule has 0 amide bonds. The predicted octanol–water partition coefficient (Wildman–Crippen LogP) is 3.17. The second-order valence-corrected chi connectivity index (χ2v) is 8.72. The lowest BCUT2D eigenvalue weighted by Gasteiger charge is -2.35. The van der Waals surface area contributed by atoms with Crippen LogP contribution < -0.4 is 5.32 Å². The van der Waals surface area contributed by atoms with Gasteiger partial charge in [-0.3, -0.25) is 0 Å². The van der Waals surface area contributed by atoms with Crippen LogP contribution in [0.2, 0.25) is 0 Å². The van der Waals surface area contributed by atoms with Crippen molar-refractivity contribution in [2.24, 2.45) is 0 Å². The standard InChI is InChI=1S/C16H21F3N2O2S.ClH/c1-21(14-8-12-6-7-13(9-14)20-12)24(22,23)10-11-4-2-3-5-15(11)16(17,18)19;/h2-5,12-14,20H,6-10H2,1H3;1H. The van der Waals surface area contributed by atoms with Crippen LogP contribution in [0.15, 0.2) is 24.3 Å². The molecule has 0 aromatic heterocycles. The van der Waals surface area contributed by atoms with E-state index in [0.29, 0.717) is 24.9 Å². The number of alkyl halides is 3. The van der Waals surface area contributed by atoms with Gasteiger partial charge in [0.05, 0.1) is 11.3 Å². The normalized spacial score (nSPS) is 26.5. The van der Waals surface area contributed by atoms with Crippen molar-refractivity contribution in [3.8, 4) is 0 Å². The van der Waals surface area contributed by atoms with Crippen molar-refractivity contribution in [3.05, 3.63) is 35.4 Å². The van der Waals surface area contributed by atoms with Gasteiger partial charge in [-0.05, 0) is 37.3 Å². The number of benzene rings is 1. The molecule has 2 unspecified atom stereocenters. The van der Waals surface area contributed by atoms with Crippen molar-refractivity contribution in [3.63, 3.8) is 0 Å². The van der Waals surface area contributed by atoms with E-state index in [0.717, 1.165) is 18.9 Å². The van der Waals surface area contributed by atoms with Crippen LogP contribution in [0.4, 0.5) is 13.2 Å². The Hall–Kier alpha value is -0.830. The molecule has 0 aliphatic carbocycles. The van der Waals surface area contributed by atoms with E-state index in [2.05, 4.69) is 5.32 Å². The van der Waals surface area contributed by atoms with E-state index in [4.69, 9.17) is 0 Å². The molecular formula is C16H22ClF3N2O2S. The Morgan fingerprint density at radius 1 is 1.16 bits per heavy atom. The van der Waals surface area contributed by atoms with Crippen molar-refractivity contribution in [2.45, 2.75) is 55.7 Å². The average Bonchev–Trinajstić information content (AvgIpc) is 2.84. The molecule has 0 radical (unpaired) electrons. The highest BCUT2D eigenvalue weighted by atomic mass is 35.5. The van der Waals surface area contributed by atoms with Crippen LogP contribution in [0.5, 0.6) is 0 Å². The predicted molar refractivity (Wildman–Crippen MR) is 92.0 cm³/mol. The Bertz CT molecular complexity index is 700. The fourth-order valence-corrected chi connectivity index (χ4v) is 5.25. The Balaban J connectivity index is 0.00000225. The smallest absolute Gasteiger partial charge is 0.311 e. The summed E-state index contributed by atoms with van der Waals surface area (Å²) in [6, 6.07) is 5.35. The Kier molecular flexibility index (Phi) is 6.08. The minimum Gasteiger partial charge on any atom is -0.311 e. The number of sulfonamides is 1. The molecule has 142 valence electrons. The zero-order valence-corrected chi connectivity index (χ0v) is 15.4. The monoisotopic (exact) mass is 398 g/mol. The lowest BCUT2D eigenvalue weighted by Crippen LogP contribution is -2.48. The topological polar surface area (TPSA) is 49.4 Å². The first kappa shape index (κ1) is 20.5. The number of rotatable bonds is 4. The van der Waals surface area contributed by atoms with Gasteiger partial charge >= 0.3 is 6.18 Å². The molecular weight excluding hydrogens is 377 g/mol. The zero-order valence-electron chi connectivity index (χ0n) is 13.8. The summed E-state index contributed by atoms with van der Waals surface area (Å²) in [6.45, 7) is 0. The number of fused-ring (bicyclic) bond motifs is 2. The van der Waals surface area contributed by atoms with Crippen LogP contribution in [0.3, 0.4) is 0 Å². The van der Waals surface area contributed by atoms with E-state index < -0.39 is 27.5 Å². The summed E-state index contributed by atoms with van der Waals surface area (Å²) >= 11 is 0. The quantitative estimate of drug-likeness (QED) is 0.847. The first-order valence-corrected chi connectivity index (χ1v) is 9.64. The number of piperidine rings is 1. The summed E-state index contributed by atoms with van der Waals surface area (Å²) < 4.78 is 65.8. The van der Waals surface area contributed by atoms with E-state index >= 15 is 0 Å². The Morgan fingerprint density at radius 3 is 2.28 bits per heavy atom. The van der Waals surface area contributed by atoms with Crippen molar-refractivity contribution in [1.29, 1.82) is 0 Å². The van der Waals surface area contributed by atoms with Crippen LogP contribution in [0.25, 0.3) is 0 Å². The van der Waals surface area contributed by atoms with E-state index in [1.807, 2.05) is 0 Å². The van der Waals surface area contributed by atoms with Gasteiger partial charge in [-0.2, -0.15) is 13.2 Å². The van der Waals surface area contributed by atoms with Crippen molar-refractivity contribution < 1.29 is 21.6 Å². The zero-order chi connectivity index (χ0) is 17.5. The number of hydrogen-bond acceptors (Lipinski definition) is 3. The summed E-state index contributed by atoms with van der Waals surface area (Å²) in [4.78, 5) is 0. The Morgan fingerprint density at radius 2 is 1.72 bits per heavy atom. The molecule has 1 N–H and O–H groups in total. The van der Waals surface area contributed by atoms with Crippen LogP contribution >= 0.6 is 12.4 Å². The molecule has 9 heteroatoms. The van der Waals surface area contributed by atoms with Crippen molar-refractivity contribution in [2.75, 3.05) is 7.05 Å². The van der Waals surface area contributed by atoms with E-state index in [9.17, 15) is 21.6 Å². The summed E-state index contributed by atoms with van der Waals surface area (Å²) in [6.07, 6.45) is -1.06. The molecule has 2 aliphatic rings. The number of nitrogens with one attached hydrogen (secondary N) is 1. The molecule has 3 rings (SSSR count). The SMILES string of the molecule is CN(C1CC2CCC(C1)N2)S(=O)(=O)Cc1ccccc1C(F)(F)F.Cl. The fraction of sp³-hybridized carbons (Fsp3) is 0.625. The lowest BCUT2D eigenvalue weighted by molar-refractivity contribution is -0.138. The molecule has 0 spiro atoms. The largest absolute Gasteiger partial charge is 0.416 e. The molecule has 2 fully saturated rings. The van der Waals surface area contributed by atoms with Gasteiger partial charge in [0, 0.05) is 25.2 Å². The molecule has 1 aromatic rings. The van der Waals surface area contributed by atoms with Crippen LogP contribution in [0, 0.1) is 0 Å². The molecule has 2 aliphatic heterocycles. The summed E-state index contributed by atoms with van der Waals surface area (Å²) in [5.74, 6) is -0.627. The molecule has 0 saturated carbocycles. The van der Waals surface area contributed by atoms with E-state index in [1.165, 1.54) is 29.6 Å². The van der Waals surface area contributed by atoms with Gasteiger partial charge in [0.1, 0.15) is 0 Å². The maximum absolute atomic E-state index is 13.1. The maximum Gasteiger partial charge on any atom is 0.416 e. The third-order valence-electron chi connectivity index (χ3n) is 5.06. The molecule has 2 atom stereocenters. The summed E-state index contributed by atoms with van der Waals surface area (Å²) in [5.41, 5.74) is -1.08. The minimum absolute atomic E-state index is 0. The van der Waals surface area contributed by atoms with Crippen LogP contribution in [-0.2, 0) is 22.0 Å². The highest BCUT2D eigenvalue weighted by molar-refractivity contribution is 7.88. The molecule has 1 aromatic carbocycles. The van der Waals surface area contributed by atoms with E-state index in [-0.39, 0.29) is 24.0 Å².